The molecule has 1 amide bonds. The van der Waals surface area contributed by atoms with E-state index in [1.807, 2.05) is 50.3 Å². The minimum atomic E-state index is -0.0926. The van der Waals surface area contributed by atoms with Crippen LogP contribution in [-0.4, -0.2) is 59.2 Å². The van der Waals surface area contributed by atoms with Crippen LogP contribution in [0.15, 0.2) is 35.3 Å². The van der Waals surface area contributed by atoms with Crippen molar-refractivity contribution in [1.29, 1.82) is 0 Å². The first kappa shape index (κ1) is 27.1. The van der Waals surface area contributed by atoms with Crippen LogP contribution in [0.3, 0.4) is 0 Å². The van der Waals surface area contributed by atoms with E-state index >= 15 is 0 Å². The third kappa shape index (κ3) is 4.59. The number of likely N-dealkylation sites (N-methyl/N-ethyl adjacent to an activating group) is 1. The lowest BCUT2D eigenvalue weighted by Crippen LogP contribution is -2.34. The number of hydrazone groups is 1. The number of hydrogen-bond acceptors (Lipinski definition) is 6. The molecule has 4 aromatic rings. The fourth-order valence-corrected chi connectivity index (χ4v) is 5.30. The van der Waals surface area contributed by atoms with Crippen LogP contribution in [0, 0.1) is 26.7 Å². The van der Waals surface area contributed by atoms with E-state index in [-0.39, 0.29) is 38.8 Å². The van der Waals surface area contributed by atoms with E-state index in [0.717, 1.165) is 10.7 Å². The van der Waals surface area contributed by atoms with Gasteiger partial charge in [-0.1, -0.05) is 14.9 Å². The van der Waals surface area contributed by atoms with Gasteiger partial charge in [-0.25, -0.2) is 9.50 Å². The number of fused-ring (bicyclic) bond motifs is 3. The first-order chi connectivity index (χ1) is 15.2. The SMILES string of the molecule is C.C.CC1=NNC2C(=O)N(C)C(C)C12.Cc1cnc2scc(C)n12.Cc1cnn2ccn(C)c12. The standard InChI is InChI=1S/C8H13N3O.C7H9N3.C7H8N2S.2CH4/c1-4-6-5(2)11(3)8(12)7(6)10-9-4;1-6-5-8-10-4-3-9(2)7(6)10;1-5-3-8-7-9(5)6(2)4-10-7;;/h5-7,10H,1-3H3;3-5H,1-2H3;3-4H,1-2H3;2*1H4. The number of thiazole rings is 1. The van der Waals surface area contributed by atoms with Gasteiger partial charge < -0.3 is 9.47 Å². The van der Waals surface area contributed by atoms with Gasteiger partial charge in [-0.05, 0) is 34.6 Å². The normalized spacial score (nSPS) is 20.4. The molecule has 1 fully saturated rings. The molecule has 6 heterocycles. The second kappa shape index (κ2) is 10.4. The number of aryl methyl sites for hydroxylation is 4. The highest BCUT2D eigenvalue weighted by molar-refractivity contribution is 7.15. The summed E-state index contributed by atoms with van der Waals surface area (Å²) in [6.07, 6.45) is 7.71. The summed E-state index contributed by atoms with van der Waals surface area (Å²) in [5, 5.41) is 10.3. The predicted octanol–water partition coefficient (Wildman–Crippen LogP) is 4.08. The molecule has 34 heavy (non-hydrogen) atoms. The average Bonchev–Trinajstić information content (AvgIpc) is 3.58. The molecule has 4 aromatic heterocycles. The van der Waals surface area contributed by atoms with Gasteiger partial charge in [0.15, 0.2) is 4.96 Å². The van der Waals surface area contributed by atoms with Crippen molar-refractivity contribution in [1.82, 2.24) is 33.9 Å². The van der Waals surface area contributed by atoms with Gasteiger partial charge in [0.2, 0.25) is 5.91 Å². The Hall–Kier alpha value is -3.14. The fourth-order valence-electron chi connectivity index (χ4n) is 4.41. The van der Waals surface area contributed by atoms with Crippen molar-refractivity contribution in [3.8, 4) is 0 Å². The lowest BCUT2D eigenvalue weighted by molar-refractivity contribution is -0.129. The van der Waals surface area contributed by atoms with E-state index in [2.05, 4.69) is 62.7 Å². The summed E-state index contributed by atoms with van der Waals surface area (Å²) in [5.41, 5.74) is 8.79. The molecule has 0 aromatic carbocycles. The molecule has 6 rings (SSSR count). The Morgan fingerprint density at radius 1 is 1.03 bits per heavy atom. The van der Waals surface area contributed by atoms with Crippen molar-refractivity contribution in [2.45, 2.75) is 61.6 Å². The Kier molecular flexibility index (Phi) is 8.31. The summed E-state index contributed by atoms with van der Waals surface area (Å²) < 4.78 is 6.09. The quantitative estimate of drug-likeness (QED) is 0.406. The van der Waals surface area contributed by atoms with Crippen molar-refractivity contribution >= 4 is 33.6 Å². The molecule has 0 radical (unpaired) electrons. The zero-order chi connectivity index (χ0) is 23.2. The molecular weight excluding hydrogens is 448 g/mol. The van der Waals surface area contributed by atoms with Gasteiger partial charge in [0.1, 0.15) is 11.7 Å². The summed E-state index contributed by atoms with van der Waals surface area (Å²) in [6, 6.07) is 0.186. The van der Waals surface area contributed by atoms with Crippen molar-refractivity contribution < 1.29 is 4.79 Å². The minimum absolute atomic E-state index is 0. The van der Waals surface area contributed by atoms with E-state index in [4.69, 9.17) is 0 Å². The number of rotatable bonds is 0. The Labute approximate surface area is 206 Å². The lowest BCUT2D eigenvalue weighted by atomic mass is 9.94. The highest BCUT2D eigenvalue weighted by Gasteiger charge is 2.48. The highest BCUT2D eigenvalue weighted by atomic mass is 32.1. The lowest BCUT2D eigenvalue weighted by Gasteiger charge is -2.18. The number of imidazole rings is 2. The van der Waals surface area contributed by atoms with E-state index in [0.29, 0.717) is 0 Å². The van der Waals surface area contributed by atoms with Crippen LogP contribution in [0.5, 0.6) is 0 Å². The maximum Gasteiger partial charge on any atom is 0.247 e. The molecule has 3 unspecified atom stereocenters. The molecule has 2 aliphatic rings. The van der Waals surface area contributed by atoms with Crippen LogP contribution in [0.2, 0.25) is 0 Å². The predicted molar refractivity (Wildman–Crippen MR) is 141 cm³/mol. The molecule has 2 aliphatic heterocycles. The van der Waals surface area contributed by atoms with Crippen LogP contribution < -0.4 is 5.43 Å². The topological polar surface area (TPSA) is 84.2 Å². The number of nitrogens with zero attached hydrogens (tertiary/aromatic N) is 7. The Morgan fingerprint density at radius 3 is 2.35 bits per heavy atom. The molecule has 3 atom stereocenters. The van der Waals surface area contributed by atoms with E-state index in [9.17, 15) is 4.79 Å². The van der Waals surface area contributed by atoms with Crippen LogP contribution in [0.4, 0.5) is 0 Å². The summed E-state index contributed by atoms with van der Waals surface area (Å²) in [4.78, 5) is 18.6. The van der Waals surface area contributed by atoms with Crippen LogP contribution in [0.25, 0.3) is 10.6 Å². The number of carbonyl (C=O) groups is 1. The van der Waals surface area contributed by atoms with Crippen LogP contribution in [-0.2, 0) is 11.8 Å². The molecule has 1 saturated heterocycles. The molecule has 1 N–H and O–H groups in total. The number of carbonyl (C=O) groups excluding carboxylic acids is 1. The second-order valence-electron chi connectivity index (χ2n) is 8.47. The van der Waals surface area contributed by atoms with Crippen LogP contribution in [0.1, 0.15) is 45.7 Å². The largest absolute Gasteiger partial charge is 0.340 e. The number of hydrogen-bond donors (Lipinski definition) is 1. The first-order valence-electron chi connectivity index (χ1n) is 10.6. The first-order valence-corrected chi connectivity index (χ1v) is 11.5. The van der Waals surface area contributed by atoms with Gasteiger partial charge in [0, 0.05) is 72.7 Å². The maximum absolute atomic E-state index is 11.5. The third-order valence-corrected chi connectivity index (χ3v) is 7.23. The number of nitrogens with one attached hydrogen (secondary N) is 1. The van der Waals surface area contributed by atoms with E-state index < -0.39 is 0 Å². The number of amides is 1. The smallest absolute Gasteiger partial charge is 0.247 e. The minimum Gasteiger partial charge on any atom is -0.340 e. The molecule has 10 heteroatoms. The summed E-state index contributed by atoms with van der Waals surface area (Å²) >= 11 is 1.69. The van der Waals surface area contributed by atoms with Crippen molar-refractivity contribution in [3.63, 3.8) is 0 Å². The molecule has 0 bridgehead atoms. The Morgan fingerprint density at radius 2 is 1.74 bits per heavy atom. The molecule has 0 aliphatic carbocycles. The highest BCUT2D eigenvalue weighted by Crippen LogP contribution is 2.28. The van der Waals surface area contributed by atoms with Gasteiger partial charge in [0.25, 0.3) is 0 Å². The van der Waals surface area contributed by atoms with Gasteiger partial charge in [-0.15, -0.1) is 11.3 Å². The van der Waals surface area contributed by atoms with Crippen molar-refractivity contribution in [2.24, 2.45) is 18.1 Å². The number of aromatic nitrogens is 5. The summed E-state index contributed by atoms with van der Waals surface area (Å²) in [7, 11) is 3.87. The van der Waals surface area contributed by atoms with Gasteiger partial charge >= 0.3 is 0 Å². The van der Waals surface area contributed by atoms with Gasteiger partial charge in [0.05, 0.1) is 6.20 Å². The third-order valence-electron chi connectivity index (χ3n) is 6.27. The molecule has 0 spiro atoms. The maximum atomic E-state index is 11.5. The average molecular weight is 487 g/mol. The van der Waals surface area contributed by atoms with E-state index in [1.54, 1.807) is 16.2 Å². The van der Waals surface area contributed by atoms with Gasteiger partial charge in [-0.2, -0.15) is 10.2 Å². The zero-order valence-electron chi connectivity index (χ0n) is 19.6. The molecular formula is C24H38N8OS. The van der Waals surface area contributed by atoms with Crippen LogP contribution >= 0.6 is 11.3 Å². The van der Waals surface area contributed by atoms with Crippen molar-refractivity contribution in [3.05, 3.63) is 47.1 Å². The Bertz CT molecular complexity index is 1160. The molecule has 0 saturated carbocycles. The molecule has 186 valence electrons. The summed E-state index contributed by atoms with van der Waals surface area (Å²) in [5.74, 6) is 0.440. The monoisotopic (exact) mass is 486 g/mol. The number of likely N-dealkylation sites (tertiary alicyclic amines) is 1. The second-order valence-corrected chi connectivity index (χ2v) is 9.31. The Balaban J connectivity index is 0.000000176. The fraction of sp³-hybridized carbons (Fsp3) is 0.500. The van der Waals surface area contributed by atoms with Crippen molar-refractivity contribution in [2.75, 3.05) is 7.05 Å². The van der Waals surface area contributed by atoms with E-state index in [1.165, 1.54) is 22.6 Å². The molecule has 9 nitrogen and oxygen atoms in total. The zero-order valence-corrected chi connectivity index (χ0v) is 20.4. The van der Waals surface area contributed by atoms with Gasteiger partial charge in [-0.3, -0.25) is 14.6 Å². The summed E-state index contributed by atoms with van der Waals surface area (Å²) in [6.45, 7) is 10.3.